The molecular formula is C21H26N2O4S. The molecule has 7 heteroatoms. The lowest BCUT2D eigenvalue weighted by molar-refractivity contribution is 0.0730. The van der Waals surface area contributed by atoms with Crippen LogP contribution in [0.4, 0.5) is 0 Å². The molecule has 2 aromatic carbocycles. The van der Waals surface area contributed by atoms with Gasteiger partial charge in [-0.25, -0.2) is 8.42 Å². The first-order valence-electron chi connectivity index (χ1n) is 9.57. The lowest BCUT2D eigenvalue weighted by atomic mass is 10.1. The van der Waals surface area contributed by atoms with E-state index in [1.165, 1.54) is 22.0 Å². The number of unbranched alkanes of at least 4 members (excludes halogenated alkanes) is 1. The van der Waals surface area contributed by atoms with E-state index in [1.807, 2.05) is 18.2 Å². The number of morpholine rings is 1. The quantitative estimate of drug-likeness (QED) is 0.688. The summed E-state index contributed by atoms with van der Waals surface area (Å²) in [7, 11) is -3.53. The molecule has 0 unspecified atom stereocenters. The van der Waals surface area contributed by atoms with Crippen LogP contribution in [0.25, 0.3) is 0 Å². The van der Waals surface area contributed by atoms with Crippen LogP contribution in [0.5, 0.6) is 0 Å². The third-order valence-electron chi connectivity index (χ3n) is 4.74. The van der Waals surface area contributed by atoms with Crippen LogP contribution in [0, 0.1) is 0 Å². The minimum absolute atomic E-state index is 0.185. The maximum absolute atomic E-state index is 12.6. The number of aryl methyl sites for hydroxylation is 1. The zero-order chi connectivity index (χ0) is 19.8. The predicted octanol–water partition coefficient (Wildman–Crippen LogP) is 2.46. The summed E-state index contributed by atoms with van der Waals surface area (Å²) < 4.78 is 31.8. The van der Waals surface area contributed by atoms with Crippen molar-refractivity contribution in [2.24, 2.45) is 0 Å². The lowest BCUT2D eigenvalue weighted by Gasteiger charge is -2.26. The second-order valence-corrected chi connectivity index (χ2v) is 8.68. The molecule has 0 aromatic heterocycles. The first-order valence-corrected chi connectivity index (χ1v) is 11.0. The second kappa shape index (κ2) is 9.82. The summed E-state index contributed by atoms with van der Waals surface area (Å²) in [5.74, 6) is -0.185. The van der Waals surface area contributed by atoms with E-state index >= 15 is 0 Å². The molecule has 0 radical (unpaired) electrons. The Hall–Kier alpha value is -2.22. The van der Waals surface area contributed by atoms with Crippen molar-refractivity contribution in [2.45, 2.75) is 24.2 Å². The number of benzene rings is 2. The Morgan fingerprint density at radius 1 is 0.964 bits per heavy atom. The van der Waals surface area contributed by atoms with Gasteiger partial charge in [-0.15, -0.1) is 0 Å². The number of ether oxygens (including phenoxy) is 1. The summed E-state index contributed by atoms with van der Waals surface area (Å²) in [6.45, 7) is 2.12. The van der Waals surface area contributed by atoms with E-state index in [1.54, 1.807) is 12.1 Å². The van der Waals surface area contributed by atoms with Crippen molar-refractivity contribution >= 4 is 15.9 Å². The van der Waals surface area contributed by atoms with E-state index < -0.39 is 10.0 Å². The van der Waals surface area contributed by atoms with Crippen LogP contribution < -0.4 is 5.32 Å². The highest BCUT2D eigenvalue weighted by Gasteiger charge is 2.26. The molecule has 1 fully saturated rings. The van der Waals surface area contributed by atoms with Gasteiger partial charge in [0, 0.05) is 25.2 Å². The molecule has 1 N–H and O–H groups in total. The molecule has 0 bridgehead atoms. The van der Waals surface area contributed by atoms with Crippen molar-refractivity contribution in [1.29, 1.82) is 0 Å². The topological polar surface area (TPSA) is 75.7 Å². The van der Waals surface area contributed by atoms with Gasteiger partial charge < -0.3 is 10.1 Å². The maximum Gasteiger partial charge on any atom is 0.251 e. The monoisotopic (exact) mass is 402 g/mol. The van der Waals surface area contributed by atoms with Gasteiger partial charge in [0.05, 0.1) is 18.1 Å². The van der Waals surface area contributed by atoms with Crippen LogP contribution in [0.2, 0.25) is 0 Å². The van der Waals surface area contributed by atoms with E-state index in [2.05, 4.69) is 17.4 Å². The smallest absolute Gasteiger partial charge is 0.251 e. The number of carbonyl (C=O) groups is 1. The molecule has 2 aromatic rings. The van der Waals surface area contributed by atoms with Crippen molar-refractivity contribution < 1.29 is 17.9 Å². The number of sulfonamides is 1. The van der Waals surface area contributed by atoms with Crippen LogP contribution in [0.1, 0.15) is 28.8 Å². The summed E-state index contributed by atoms with van der Waals surface area (Å²) in [6.07, 6.45) is 2.88. The van der Waals surface area contributed by atoms with Crippen LogP contribution in [-0.4, -0.2) is 51.5 Å². The number of nitrogens with one attached hydrogen (secondary N) is 1. The first kappa shape index (κ1) is 20.5. The fraction of sp³-hybridized carbons (Fsp3) is 0.381. The van der Waals surface area contributed by atoms with E-state index in [0.29, 0.717) is 38.4 Å². The van der Waals surface area contributed by atoms with Gasteiger partial charge in [0.1, 0.15) is 0 Å². The molecule has 1 saturated heterocycles. The Morgan fingerprint density at radius 3 is 2.32 bits per heavy atom. The minimum Gasteiger partial charge on any atom is -0.379 e. The standard InChI is InChI=1S/C21H26N2O4S/c24-21(22-13-5-4-8-18-6-2-1-3-7-18)19-9-11-20(12-10-19)28(25,26)23-14-16-27-17-15-23/h1-3,6-7,9-12H,4-5,8,13-17H2,(H,22,24). The predicted molar refractivity (Wildman–Crippen MR) is 108 cm³/mol. The Bertz CT molecular complexity index is 861. The van der Waals surface area contributed by atoms with Gasteiger partial charge in [-0.05, 0) is 49.1 Å². The highest BCUT2D eigenvalue weighted by atomic mass is 32.2. The number of amides is 1. The number of hydrogen-bond donors (Lipinski definition) is 1. The van der Waals surface area contributed by atoms with Crippen molar-refractivity contribution in [3.8, 4) is 0 Å². The fourth-order valence-electron chi connectivity index (χ4n) is 3.12. The molecular weight excluding hydrogens is 376 g/mol. The SMILES string of the molecule is O=C(NCCCCc1ccccc1)c1ccc(S(=O)(=O)N2CCOCC2)cc1. The highest BCUT2D eigenvalue weighted by Crippen LogP contribution is 2.17. The lowest BCUT2D eigenvalue weighted by Crippen LogP contribution is -2.40. The van der Waals surface area contributed by atoms with Crippen LogP contribution in [0.3, 0.4) is 0 Å². The number of nitrogens with zero attached hydrogens (tertiary/aromatic N) is 1. The largest absolute Gasteiger partial charge is 0.379 e. The molecule has 3 rings (SSSR count). The molecule has 0 saturated carbocycles. The Balaban J connectivity index is 1.47. The third-order valence-corrected chi connectivity index (χ3v) is 6.66. The summed E-state index contributed by atoms with van der Waals surface area (Å²) >= 11 is 0. The average molecular weight is 403 g/mol. The van der Waals surface area contributed by atoms with Crippen LogP contribution in [-0.2, 0) is 21.2 Å². The average Bonchev–Trinajstić information content (AvgIpc) is 2.75. The Kier molecular flexibility index (Phi) is 7.19. The van der Waals surface area contributed by atoms with Gasteiger partial charge in [0.25, 0.3) is 5.91 Å². The van der Waals surface area contributed by atoms with Crippen molar-refractivity contribution in [3.63, 3.8) is 0 Å². The molecule has 1 heterocycles. The minimum atomic E-state index is -3.53. The highest BCUT2D eigenvalue weighted by molar-refractivity contribution is 7.89. The molecule has 1 aliphatic heterocycles. The maximum atomic E-state index is 12.6. The zero-order valence-corrected chi connectivity index (χ0v) is 16.7. The Labute approximate surface area is 166 Å². The zero-order valence-electron chi connectivity index (χ0n) is 15.8. The van der Waals surface area contributed by atoms with Gasteiger partial charge >= 0.3 is 0 Å². The number of hydrogen-bond acceptors (Lipinski definition) is 4. The van der Waals surface area contributed by atoms with Crippen LogP contribution in [0.15, 0.2) is 59.5 Å². The molecule has 150 valence electrons. The molecule has 28 heavy (non-hydrogen) atoms. The summed E-state index contributed by atoms with van der Waals surface area (Å²) in [5, 5.41) is 2.89. The first-order chi connectivity index (χ1) is 13.6. The number of rotatable bonds is 8. The van der Waals surface area contributed by atoms with Crippen molar-refractivity contribution in [2.75, 3.05) is 32.8 Å². The number of carbonyl (C=O) groups excluding carboxylic acids is 1. The second-order valence-electron chi connectivity index (χ2n) is 6.74. The Morgan fingerprint density at radius 2 is 1.64 bits per heavy atom. The molecule has 0 aliphatic carbocycles. The molecule has 0 atom stereocenters. The van der Waals surface area contributed by atoms with E-state index in [9.17, 15) is 13.2 Å². The molecule has 1 aliphatic rings. The van der Waals surface area contributed by atoms with Gasteiger partial charge in [-0.1, -0.05) is 30.3 Å². The molecule has 0 spiro atoms. The van der Waals surface area contributed by atoms with Gasteiger partial charge in [-0.3, -0.25) is 4.79 Å². The van der Waals surface area contributed by atoms with Gasteiger partial charge in [0.2, 0.25) is 10.0 Å². The summed E-state index contributed by atoms with van der Waals surface area (Å²) in [4.78, 5) is 12.5. The van der Waals surface area contributed by atoms with Gasteiger partial charge in [-0.2, -0.15) is 4.31 Å². The third kappa shape index (κ3) is 5.41. The van der Waals surface area contributed by atoms with Crippen molar-refractivity contribution in [1.82, 2.24) is 9.62 Å². The molecule has 6 nitrogen and oxygen atoms in total. The van der Waals surface area contributed by atoms with Gasteiger partial charge in [0.15, 0.2) is 0 Å². The molecule has 1 amide bonds. The van der Waals surface area contributed by atoms with Crippen molar-refractivity contribution in [3.05, 3.63) is 65.7 Å². The fourth-order valence-corrected chi connectivity index (χ4v) is 4.53. The van der Waals surface area contributed by atoms with E-state index in [4.69, 9.17) is 4.74 Å². The van der Waals surface area contributed by atoms with E-state index in [0.717, 1.165) is 19.3 Å². The normalized spacial score (nSPS) is 15.3. The summed E-state index contributed by atoms with van der Waals surface area (Å²) in [6, 6.07) is 16.4. The van der Waals surface area contributed by atoms with E-state index in [-0.39, 0.29) is 10.8 Å². The summed E-state index contributed by atoms with van der Waals surface area (Å²) in [5.41, 5.74) is 1.76. The van der Waals surface area contributed by atoms with Crippen LogP contribution >= 0.6 is 0 Å².